The average Bonchev–Trinajstić information content (AvgIpc) is 2.28. The normalized spacial score (nSPS) is 23.0. The summed E-state index contributed by atoms with van der Waals surface area (Å²) in [5.74, 6) is 1.56. The molecule has 1 aliphatic carbocycles. The fourth-order valence-corrected chi connectivity index (χ4v) is 1.46. The molecule has 0 heteroatoms. The van der Waals surface area contributed by atoms with Crippen LogP contribution < -0.4 is 0 Å². The van der Waals surface area contributed by atoms with Gasteiger partial charge in [0.25, 0.3) is 0 Å². The van der Waals surface area contributed by atoms with E-state index in [-0.39, 0.29) is 0 Å². The van der Waals surface area contributed by atoms with E-state index in [0.29, 0.717) is 0 Å². The first-order valence-corrected chi connectivity index (χ1v) is 6.19. The van der Waals surface area contributed by atoms with E-state index in [1.54, 1.807) is 0 Å². The second-order valence-electron chi connectivity index (χ2n) is 3.08. The van der Waals surface area contributed by atoms with Crippen molar-refractivity contribution in [2.75, 3.05) is 0 Å². The summed E-state index contributed by atoms with van der Waals surface area (Å²) in [7, 11) is 0. The molecule has 0 spiro atoms. The Morgan fingerprint density at radius 2 is 1.43 bits per heavy atom. The van der Waals surface area contributed by atoms with Crippen molar-refractivity contribution < 1.29 is 0 Å². The zero-order chi connectivity index (χ0) is 11.4. The topological polar surface area (TPSA) is 0 Å². The van der Waals surface area contributed by atoms with E-state index in [4.69, 9.17) is 0 Å². The van der Waals surface area contributed by atoms with Crippen LogP contribution in [0.25, 0.3) is 0 Å². The standard InChI is InChI=1S/C10H16.2C2H6/c1-3-6-10-8-5-4-7-9(10)2;2*1-2/h4-5,7-10H,3,6H2,1-2H3;2*1-2H3. The van der Waals surface area contributed by atoms with Crippen LogP contribution in [-0.2, 0) is 0 Å². The van der Waals surface area contributed by atoms with Crippen molar-refractivity contribution in [2.24, 2.45) is 11.8 Å². The Bertz CT molecular complexity index is 142. The van der Waals surface area contributed by atoms with Crippen molar-refractivity contribution in [2.45, 2.75) is 54.4 Å². The van der Waals surface area contributed by atoms with Gasteiger partial charge in [0.1, 0.15) is 0 Å². The fourth-order valence-electron chi connectivity index (χ4n) is 1.46. The molecule has 0 aromatic rings. The lowest BCUT2D eigenvalue weighted by molar-refractivity contribution is 0.466. The molecule has 0 heterocycles. The van der Waals surface area contributed by atoms with Gasteiger partial charge in [-0.05, 0) is 18.3 Å². The highest BCUT2D eigenvalue weighted by atomic mass is 14.2. The molecule has 0 bridgehead atoms. The van der Waals surface area contributed by atoms with Gasteiger partial charge in [0.15, 0.2) is 0 Å². The minimum Gasteiger partial charge on any atom is -0.0811 e. The first-order chi connectivity index (χ1) is 6.84. The highest BCUT2D eigenvalue weighted by Gasteiger charge is 2.11. The van der Waals surface area contributed by atoms with E-state index >= 15 is 0 Å². The predicted octanol–water partition coefficient (Wildman–Crippen LogP) is 5.22. The van der Waals surface area contributed by atoms with Crippen molar-refractivity contribution in [3.8, 4) is 0 Å². The Morgan fingerprint density at radius 3 is 1.86 bits per heavy atom. The van der Waals surface area contributed by atoms with Gasteiger partial charge in [-0.2, -0.15) is 0 Å². The molecule has 0 aromatic heterocycles. The molecule has 0 saturated carbocycles. The third kappa shape index (κ3) is 6.94. The van der Waals surface area contributed by atoms with Gasteiger partial charge < -0.3 is 0 Å². The van der Waals surface area contributed by atoms with E-state index < -0.39 is 0 Å². The van der Waals surface area contributed by atoms with Crippen LogP contribution in [0.15, 0.2) is 24.3 Å². The van der Waals surface area contributed by atoms with Gasteiger partial charge in [0.2, 0.25) is 0 Å². The van der Waals surface area contributed by atoms with Crippen molar-refractivity contribution in [1.82, 2.24) is 0 Å². The number of rotatable bonds is 2. The van der Waals surface area contributed by atoms with E-state index in [1.165, 1.54) is 12.8 Å². The van der Waals surface area contributed by atoms with Crippen molar-refractivity contribution in [3.63, 3.8) is 0 Å². The molecule has 1 rings (SSSR count). The van der Waals surface area contributed by atoms with Gasteiger partial charge in [0, 0.05) is 0 Å². The first-order valence-electron chi connectivity index (χ1n) is 6.19. The average molecular weight is 196 g/mol. The van der Waals surface area contributed by atoms with Gasteiger partial charge in [-0.15, -0.1) is 0 Å². The van der Waals surface area contributed by atoms with Gasteiger partial charge in [-0.1, -0.05) is 72.3 Å². The molecule has 2 unspecified atom stereocenters. The van der Waals surface area contributed by atoms with E-state index in [9.17, 15) is 0 Å². The molecule has 84 valence electrons. The Kier molecular flexibility index (Phi) is 14.2. The Morgan fingerprint density at radius 1 is 0.929 bits per heavy atom. The highest BCUT2D eigenvalue weighted by molar-refractivity contribution is 5.13. The van der Waals surface area contributed by atoms with Crippen LogP contribution in [0.2, 0.25) is 0 Å². The summed E-state index contributed by atoms with van der Waals surface area (Å²) in [5, 5.41) is 0. The maximum absolute atomic E-state index is 2.33. The van der Waals surface area contributed by atoms with Crippen molar-refractivity contribution in [1.29, 1.82) is 0 Å². The monoisotopic (exact) mass is 196 g/mol. The molecule has 0 saturated heterocycles. The third-order valence-corrected chi connectivity index (χ3v) is 2.18. The summed E-state index contributed by atoms with van der Waals surface area (Å²) in [4.78, 5) is 0. The highest BCUT2D eigenvalue weighted by Crippen LogP contribution is 2.22. The van der Waals surface area contributed by atoms with Gasteiger partial charge >= 0.3 is 0 Å². The van der Waals surface area contributed by atoms with Crippen LogP contribution in [-0.4, -0.2) is 0 Å². The maximum Gasteiger partial charge on any atom is -0.0170 e. The molecular formula is C14H28. The summed E-state index contributed by atoms with van der Waals surface area (Å²) >= 11 is 0. The lowest BCUT2D eigenvalue weighted by Crippen LogP contribution is -2.08. The quantitative estimate of drug-likeness (QED) is 0.568. The van der Waals surface area contributed by atoms with Gasteiger partial charge in [-0.25, -0.2) is 0 Å². The van der Waals surface area contributed by atoms with E-state index in [2.05, 4.69) is 38.2 Å². The first kappa shape index (κ1) is 15.9. The Balaban J connectivity index is 0. The van der Waals surface area contributed by atoms with E-state index in [0.717, 1.165) is 11.8 Å². The smallest absolute Gasteiger partial charge is 0.0170 e. The van der Waals surface area contributed by atoms with Crippen LogP contribution in [0, 0.1) is 11.8 Å². The molecule has 0 N–H and O–H groups in total. The molecule has 0 radical (unpaired) electrons. The van der Waals surface area contributed by atoms with E-state index in [1.807, 2.05) is 27.7 Å². The van der Waals surface area contributed by atoms with Gasteiger partial charge in [-0.3, -0.25) is 0 Å². The third-order valence-electron chi connectivity index (χ3n) is 2.18. The molecule has 0 amide bonds. The Labute approximate surface area is 91.1 Å². The van der Waals surface area contributed by atoms with Crippen LogP contribution >= 0.6 is 0 Å². The fraction of sp³-hybridized carbons (Fsp3) is 0.714. The molecule has 0 aromatic carbocycles. The molecule has 0 nitrogen and oxygen atoms in total. The number of allylic oxidation sites excluding steroid dienone is 4. The molecule has 1 aliphatic rings. The summed E-state index contributed by atoms with van der Waals surface area (Å²) in [6.07, 6.45) is 11.6. The van der Waals surface area contributed by atoms with Crippen LogP contribution in [0.3, 0.4) is 0 Å². The van der Waals surface area contributed by atoms with Crippen molar-refractivity contribution in [3.05, 3.63) is 24.3 Å². The van der Waals surface area contributed by atoms with Gasteiger partial charge in [0.05, 0.1) is 0 Å². The van der Waals surface area contributed by atoms with Crippen LogP contribution in [0.5, 0.6) is 0 Å². The summed E-state index contributed by atoms with van der Waals surface area (Å²) in [6, 6.07) is 0. The predicted molar refractivity (Wildman–Crippen MR) is 68.5 cm³/mol. The number of hydrogen-bond acceptors (Lipinski definition) is 0. The summed E-state index contributed by atoms with van der Waals surface area (Å²) in [6.45, 7) is 12.5. The molecule has 0 aliphatic heterocycles. The number of hydrogen-bond donors (Lipinski definition) is 0. The molecule has 0 fully saturated rings. The zero-order valence-electron chi connectivity index (χ0n) is 10.9. The lowest BCUT2D eigenvalue weighted by Gasteiger charge is -2.18. The SMILES string of the molecule is CC.CC.CCCC1C=CC=CC1C. The van der Waals surface area contributed by atoms with Crippen molar-refractivity contribution >= 4 is 0 Å². The van der Waals surface area contributed by atoms with Crippen LogP contribution in [0.1, 0.15) is 54.4 Å². The Hall–Kier alpha value is -0.520. The molecule has 14 heavy (non-hydrogen) atoms. The lowest BCUT2D eigenvalue weighted by atomic mass is 9.87. The van der Waals surface area contributed by atoms with Crippen LogP contribution in [0.4, 0.5) is 0 Å². The second-order valence-corrected chi connectivity index (χ2v) is 3.08. The minimum atomic E-state index is 0.755. The zero-order valence-corrected chi connectivity index (χ0v) is 10.9. The molecular weight excluding hydrogens is 168 g/mol. The minimum absolute atomic E-state index is 0.755. The molecule has 2 atom stereocenters. The largest absolute Gasteiger partial charge is 0.0811 e. The summed E-state index contributed by atoms with van der Waals surface area (Å²) in [5.41, 5.74) is 0. The maximum atomic E-state index is 2.33. The summed E-state index contributed by atoms with van der Waals surface area (Å²) < 4.78 is 0. The second kappa shape index (κ2) is 12.5.